The molecule has 0 spiro atoms. The minimum atomic E-state index is -0.791. The van der Waals surface area contributed by atoms with E-state index in [0.717, 1.165) is 16.7 Å². The zero-order valence-electron chi connectivity index (χ0n) is 20.9. The minimum absolute atomic E-state index is 0.152. The summed E-state index contributed by atoms with van der Waals surface area (Å²) in [7, 11) is 0. The van der Waals surface area contributed by atoms with Crippen molar-refractivity contribution in [3.8, 4) is 0 Å². The van der Waals surface area contributed by atoms with Gasteiger partial charge >= 0.3 is 6.03 Å². The molecule has 1 heterocycles. The molecule has 4 N–H and O–H groups in total. The summed E-state index contributed by atoms with van der Waals surface area (Å²) in [4.78, 5) is 41.2. The maximum absolute atomic E-state index is 13.7. The van der Waals surface area contributed by atoms with Gasteiger partial charge in [-0.05, 0) is 36.5 Å². The van der Waals surface area contributed by atoms with Crippen molar-refractivity contribution in [2.45, 2.75) is 44.4 Å². The van der Waals surface area contributed by atoms with Crippen LogP contribution in [0.15, 0.2) is 91.0 Å². The van der Waals surface area contributed by atoms with Crippen LogP contribution >= 0.6 is 0 Å². The average molecular weight is 500 g/mol. The zero-order chi connectivity index (χ0) is 26.2. The minimum Gasteiger partial charge on any atom is -0.343 e. The van der Waals surface area contributed by atoms with Gasteiger partial charge in [-0.15, -0.1) is 0 Å². The molecule has 1 saturated heterocycles. The van der Waals surface area contributed by atoms with Gasteiger partial charge in [0.2, 0.25) is 5.91 Å². The molecule has 8 nitrogen and oxygen atoms in total. The molecule has 1 aliphatic heterocycles. The van der Waals surface area contributed by atoms with Crippen LogP contribution in [0.2, 0.25) is 0 Å². The standard InChI is InChI=1S/C29H33N5O3/c1-21(30)27(35)32-34(20-22-12-5-2-6-13-22)29(37)33-19-11-18-25(33)28(36)31-26(23-14-7-3-8-15-23)24-16-9-4-10-17-24/h2-10,12-17,21,25-26H,11,18-20,30H2,1H3,(H,31,36)(H,32,35)/t21-,25-/m0/s1. The van der Waals surface area contributed by atoms with Crippen LogP contribution in [0.4, 0.5) is 4.79 Å². The van der Waals surface area contributed by atoms with E-state index in [9.17, 15) is 14.4 Å². The Morgan fingerprint density at radius 1 is 0.919 bits per heavy atom. The molecule has 192 valence electrons. The molecular formula is C29H33N5O3. The number of hydrazine groups is 1. The van der Waals surface area contributed by atoms with E-state index in [1.54, 1.807) is 6.92 Å². The first-order chi connectivity index (χ1) is 17.9. The van der Waals surface area contributed by atoms with Gasteiger partial charge in [0.15, 0.2) is 0 Å². The fourth-order valence-corrected chi connectivity index (χ4v) is 4.47. The highest BCUT2D eigenvalue weighted by atomic mass is 16.2. The molecule has 0 bridgehead atoms. The monoisotopic (exact) mass is 499 g/mol. The highest BCUT2D eigenvalue weighted by molar-refractivity contribution is 5.89. The lowest BCUT2D eigenvalue weighted by molar-refractivity contribution is -0.126. The zero-order valence-corrected chi connectivity index (χ0v) is 20.9. The van der Waals surface area contributed by atoms with E-state index in [-0.39, 0.29) is 18.5 Å². The lowest BCUT2D eigenvalue weighted by atomic mass is 9.98. The number of nitrogens with two attached hydrogens (primary N) is 1. The fourth-order valence-electron chi connectivity index (χ4n) is 4.47. The molecule has 0 radical (unpaired) electrons. The lowest BCUT2D eigenvalue weighted by Gasteiger charge is -2.32. The Kier molecular flexibility index (Phi) is 8.53. The number of carbonyl (C=O) groups is 3. The van der Waals surface area contributed by atoms with Crippen LogP contribution in [0.5, 0.6) is 0 Å². The van der Waals surface area contributed by atoms with Crippen molar-refractivity contribution >= 4 is 17.8 Å². The van der Waals surface area contributed by atoms with Gasteiger partial charge in [0.25, 0.3) is 5.91 Å². The molecule has 8 heteroatoms. The van der Waals surface area contributed by atoms with E-state index in [2.05, 4.69) is 10.7 Å². The second kappa shape index (κ2) is 12.2. The van der Waals surface area contributed by atoms with Crippen molar-refractivity contribution < 1.29 is 14.4 Å². The Labute approximate surface area is 217 Å². The number of hydrogen-bond acceptors (Lipinski definition) is 4. The maximum atomic E-state index is 13.7. The van der Waals surface area contributed by atoms with Crippen molar-refractivity contribution in [3.63, 3.8) is 0 Å². The number of likely N-dealkylation sites (tertiary alicyclic amines) is 1. The summed E-state index contributed by atoms with van der Waals surface area (Å²) in [5, 5.41) is 4.41. The van der Waals surface area contributed by atoms with Crippen LogP contribution in [0.1, 0.15) is 42.5 Å². The molecule has 0 aromatic heterocycles. The Morgan fingerprint density at radius 3 is 2.00 bits per heavy atom. The van der Waals surface area contributed by atoms with E-state index in [0.29, 0.717) is 19.4 Å². The molecule has 1 fully saturated rings. The molecule has 3 aromatic carbocycles. The fraction of sp³-hybridized carbons (Fsp3) is 0.276. The predicted molar refractivity (Wildman–Crippen MR) is 142 cm³/mol. The molecule has 0 saturated carbocycles. The van der Waals surface area contributed by atoms with Gasteiger partial charge in [0, 0.05) is 6.54 Å². The third-order valence-corrected chi connectivity index (χ3v) is 6.43. The number of nitrogens with zero attached hydrogens (tertiary/aromatic N) is 2. The first-order valence-electron chi connectivity index (χ1n) is 12.5. The SMILES string of the molecule is C[C@H](N)C(=O)NN(Cc1ccccc1)C(=O)N1CCC[C@H]1C(=O)NC(c1ccccc1)c1ccccc1. The molecule has 4 rings (SSSR count). The van der Waals surface area contributed by atoms with Gasteiger partial charge in [0.05, 0.1) is 18.6 Å². The second-order valence-corrected chi connectivity index (χ2v) is 9.23. The normalized spacial score (nSPS) is 15.8. The number of rotatable bonds is 7. The van der Waals surface area contributed by atoms with E-state index >= 15 is 0 Å². The van der Waals surface area contributed by atoms with Crippen molar-refractivity contribution in [3.05, 3.63) is 108 Å². The number of hydrogen-bond donors (Lipinski definition) is 3. The van der Waals surface area contributed by atoms with Crippen molar-refractivity contribution in [1.82, 2.24) is 20.7 Å². The molecule has 2 atom stereocenters. The molecule has 1 aliphatic rings. The van der Waals surface area contributed by atoms with Crippen LogP contribution < -0.4 is 16.5 Å². The second-order valence-electron chi connectivity index (χ2n) is 9.23. The highest BCUT2D eigenvalue weighted by Gasteiger charge is 2.38. The summed E-state index contributed by atoms with van der Waals surface area (Å²) >= 11 is 0. The van der Waals surface area contributed by atoms with Gasteiger partial charge in [-0.25, -0.2) is 9.80 Å². The van der Waals surface area contributed by atoms with Crippen molar-refractivity contribution in [2.24, 2.45) is 5.73 Å². The first kappa shape index (κ1) is 25.9. The Morgan fingerprint density at radius 2 is 1.46 bits per heavy atom. The van der Waals surface area contributed by atoms with Gasteiger partial charge in [-0.1, -0.05) is 91.0 Å². The van der Waals surface area contributed by atoms with E-state index < -0.39 is 24.0 Å². The molecule has 3 aromatic rings. The molecule has 0 unspecified atom stereocenters. The van der Waals surface area contributed by atoms with Crippen molar-refractivity contribution in [2.75, 3.05) is 6.54 Å². The topological polar surface area (TPSA) is 108 Å². The average Bonchev–Trinajstić information content (AvgIpc) is 3.42. The van der Waals surface area contributed by atoms with Gasteiger partial charge in [-0.3, -0.25) is 15.0 Å². The summed E-state index contributed by atoms with van der Waals surface area (Å²) < 4.78 is 0. The van der Waals surface area contributed by atoms with Crippen LogP contribution in [0, 0.1) is 0 Å². The van der Waals surface area contributed by atoms with Gasteiger partial charge in [0.1, 0.15) is 6.04 Å². The van der Waals surface area contributed by atoms with E-state index in [1.165, 1.54) is 9.91 Å². The van der Waals surface area contributed by atoms with Gasteiger partial charge in [-0.2, -0.15) is 0 Å². The van der Waals surface area contributed by atoms with Crippen molar-refractivity contribution in [1.29, 1.82) is 0 Å². The van der Waals surface area contributed by atoms with Crippen LogP contribution in [-0.4, -0.2) is 46.4 Å². The Bertz CT molecular complexity index is 1150. The van der Waals surface area contributed by atoms with Gasteiger partial charge < -0.3 is 16.0 Å². The quantitative estimate of drug-likeness (QED) is 0.433. The predicted octanol–water partition coefficient (Wildman–Crippen LogP) is 3.36. The van der Waals surface area contributed by atoms with E-state index in [1.807, 2.05) is 91.0 Å². The number of benzene rings is 3. The summed E-state index contributed by atoms with van der Waals surface area (Å²) in [6.07, 6.45) is 1.22. The van der Waals surface area contributed by atoms with Crippen LogP contribution in [0.25, 0.3) is 0 Å². The largest absolute Gasteiger partial charge is 0.343 e. The number of urea groups is 1. The summed E-state index contributed by atoms with van der Waals surface area (Å²) in [6, 6.07) is 26.6. The lowest BCUT2D eigenvalue weighted by Crippen LogP contribution is -2.57. The third-order valence-electron chi connectivity index (χ3n) is 6.43. The molecular weight excluding hydrogens is 466 g/mol. The molecule has 37 heavy (non-hydrogen) atoms. The third kappa shape index (κ3) is 6.54. The Hall–Kier alpha value is -4.17. The highest BCUT2D eigenvalue weighted by Crippen LogP contribution is 2.25. The molecule has 4 amide bonds. The summed E-state index contributed by atoms with van der Waals surface area (Å²) in [6.45, 7) is 2.12. The number of amides is 4. The first-order valence-corrected chi connectivity index (χ1v) is 12.5. The maximum Gasteiger partial charge on any atom is 0.339 e. The smallest absolute Gasteiger partial charge is 0.339 e. The Balaban J connectivity index is 1.55. The molecule has 0 aliphatic carbocycles. The number of carbonyl (C=O) groups excluding carboxylic acids is 3. The van der Waals surface area contributed by atoms with E-state index in [4.69, 9.17) is 5.73 Å². The van der Waals surface area contributed by atoms with Crippen LogP contribution in [0.3, 0.4) is 0 Å². The summed E-state index contributed by atoms with van der Waals surface area (Å²) in [5.74, 6) is -0.709. The van der Waals surface area contributed by atoms with Crippen LogP contribution in [-0.2, 0) is 16.1 Å². The number of nitrogens with one attached hydrogen (secondary N) is 2. The summed E-state index contributed by atoms with van der Waals surface area (Å²) in [5.41, 5.74) is 11.1.